The highest BCUT2D eigenvalue weighted by Crippen LogP contribution is 2.23. The first-order valence-corrected chi connectivity index (χ1v) is 11.5. The molecule has 160 valence electrons. The number of esters is 1. The summed E-state index contributed by atoms with van der Waals surface area (Å²) in [5.41, 5.74) is 0.848. The van der Waals surface area contributed by atoms with Crippen molar-refractivity contribution in [3.63, 3.8) is 0 Å². The second-order valence-electron chi connectivity index (χ2n) is 7.30. The van der Waals surface area contributed by atoms with Crippen LogP contribution in [0.15, 0.2) is 51.7 Å². The molecule has 2 aromatic carbocycles. The minimum Gasteiger partial charge on any atom is -0.494 e. The van der Waals surface area contributed by atoms with Gasteiger partial charge in [0.2, 0.25) is 0 Å². The Morgan fingerprint density at radius 2 is 1.57 bits per heavy atom. The average Bonchev–Trinajstić information content (AvgIpc) is 3.12. The van der Waals surface area contributed by atoms with E-state index in [0.717, 1.165) is 28.2 Å². The minimum atomic E-state index is -0.471. The predicted molar refractivity (Wildman–Crippen MR) is 120 cm³/mol. The van der Waals surface area contributed by atoms with Gasteiger partial charge in [-0.3, -0.25) is 0 Å². The van der Waals surface area contributed by atoms with Crippen LogP contribution in [0.25, 0.3) is 10.3 Å². The van der Waals surface area contributed by atoms with Gasteiger partial charge in [-0.25, -0.2) is 9.59 Å². The summed E-state index contributed by atoms with van der Waals surface area (Å²) in [7, 11) is 0. The highest BCUT2D eigenvalue weighted by molar-refractivity contribution is 7.16. The van der Waals surface area contributed by atoms with E-state index in [1.807, 2.05) is 0 Å². The lowest BCUT2D eigenvalue weighted by molar-refractivity contribution is 0.0735. The van der Waals surface area contributed by atoms with Gasteiger partial charge in [0.15, 0.2) is 5.58 Å². The summed E-state index contributed by atoms with van der Waals surface area (Å²) >= 11 is 1.02. The van der Waals surface area contributed by atoms with E-state index in [-0.39, 0.29) is 4.94 Å². The van der Waals surface area contributed by atoms with Gasteiger partial charge < -0.3 is 13.9 Å². The molecule has 1 heterocycles. The van der Waals surface area contributed by atoms with E-state index in [4.69, 9.17) is 13.9 Å². The van der Waals surface area contributed by atoms with Crippen molar-refractivity contribution in [3.05, 3.63) is 57.8 Å². The van der Waals surface area contributed by atoms with Crippen LogP contribution in [0.4, 0.5) is 0 Å². The highest BCUT2D eigenvalue weighted by Gasteiger charge is 2.11. The molecule has 0 saturated heterocycles. The summed E-state index contributed by atoms with van der Waals surface area (Å²) in [4.78, 5) is 23.2. The van der Waals surface area contributed by atoms with E-state index in [9.17, 15) is 9.59 Å². The van der Waals surface area contributed by atoms with Crippen molar-refractivity contribution >= 4 is 27.6 Å². The molecule has 0 radical (unpaired) electrons. The van der Waals surface area contributed by atoms with E-state index in [1.165, 1.54) is 44.9 Å². The summed E-state index contributed by atoms with van der Waals surface area (Å²) in [5, 5.41) is 0. The van der Waals surface area contributed by atoms with Gasteiger partial charge in [0.1, 0.15) is 11.5 Å². The van der Waals surface area contributed by atoms with Crippen LogP contribution in [0.2, 0.25) is 0 Å². The number of benzene rings is 2. The standard InChI is InChI=1S/C24H28O5S/c1-2-3-4-5-6-7-8-9-16-27-19-12-10-18(11-13-19)23(25)28-20-14-15-22-21(17-20)29-24(26)30-22/h10-15,17H,2-9,16H2,1H3. The van der Waals surface area contributed by atoms with Crippen molar-refractivity contribution in [3.8, 4) is 11.5 Å². The van der Waals surface area contributed by atoms with Crippen LogP contribution in [0, 0.1) is 0 Å². The molecule has 0 saturated carbocycles. The topological polar surface area (TPSA) is 65.7 Å². The monoisotopic (exact) mass is 428 g/mol. The number of rotatable bonds is 12. The molecule has 0 bridgehead atoms. The molecular formula is C24H28O5S. The fraction of sp³-hybridized carbons (Fsp3) is 0.417. The normalized spacial score (nSPS) is 11.0. The number of fused-ring (bicyclic) bond motifs is 1. The second kappa shape index (κ2) is 11.6. The summed E-state index contributed by atoms with van der Waals surface area (Å²) in [6.07, 6.45) is 10.1. The zero-order chi connectivity index (χ0) is 21.2. The maximum absolute atomic E-state index is 12.3. The van der Waals surface area contributed by atoms with Crippen molar-refractivity contribution in [1.29, 1.82) is 0 Å². The quantitative estimate of drug-likeness (QED) is 0.185. The van der Waals surface area contributed by atoms with Crippen LogP contribution in [0.1, 0.15) is 68.6 Å². The number of hydrogen-bond donors (Lipinski definition) is 0. The molecule has 0 atom stereocenters. The van der Waals surface area contributed by atoms with Crippen LogP contribution < -0.4 is 14.4 Å². The molecule has 0 fully saturated rings. The fourth-order valence-electron chi connectivity index (χ4n) is 3.20. The first kappa shape index (κ1) is 22.1. The number of carbonyl (C=O) groups excluding carboxylic acids is 1. The zero-order valence-corrected chi connectivity index (χ0v) is 18.2. The number of carbonyl (C=O) groups is 1. The second-order valence-corrected chi connectivity index (χ2v) is 8.28. The molecule has 0 unspecified atom stereocenters. The molecule has 6 heteroatoms. The third-order valence-corrected chi connectivity index (χ3v) is 5.68. The van der Waals surface area contributed by atoms with Gasteiger partial charge in [0.05, 0.1) is 16.9 Å². The van der Waals surface area contributed by atoms with Crippen LogP contribution >= 0.6 is 11.3 Å². The van der Waals surface area contributed by atoms with Gasteiger partial charge in [-0.05, 0) is 42.8 Å². The number of hydrogen-bond acceptors (Lipinski definition) is 6. The molecule has 0 spiro atoms. The van der Waals surface area contributed by atoms with Crippen molar-refractivity contribution in [2.45, 2.75) is 58.3 Å². The number of ether oxygens (including phenoxy) is 2. The van der Waals surface area contributed by atoms with Crippen LogP contribution in [-0.2, 0) is 0 Å². The predicted octanol–water partition coefficient (Wildman–Crippen LogP) is 6.59. The summed E-state index contributed by atoms with van der Waals surface area (Å²) in [5.74, 6) is 0.613. The Bertz CT molecular complexity index is 987. The van der Waals surface area contributed by atoms with Crippen molar-refractivity contribution in [1.82, 2.24) is 0 Å². The smallest absolute Gasteiger partial charge is 0.396 e. The van der Waals surface area contributed by atoms with Crippen molar-refractivity contribution in [2.75, 3.05) is 6.61 Å². The van der Waals surface area contributed by atoms with E-state index in [1.54, 1.807) is 42.5 Å². The Morgan fingerprint density at radius 3 is 2.30 bits per heavy atom. The van der Waals surface area contributed by atoms with Crippen LogP contribution in [0.5, 0.6) is 11.5 Å². The van der Waals surface area contributed by atoms with Gasteiger partial charge in [-0.15, -0.1) is 0 Å². The first-order valence-electron chi connectivity index (χ1n) is 10.6. The lowest BCUT2D eigenvalue weighted by Gasteiger charge is -2.08. The lowest BCUT2D eigenvalue weighted by Crippen LogP contribution is -2.08. The van der Waals surface area contributed by atoms with E-state index < -0.39 is 5.97 Å². The Balaban J connectivity index is 1.40. The van der Waals surface area contributed by atoms with Crippen molar-refractivity contribution < 1.29 is 18.7 Å². The molecule has 0 aliphatic heterocycles. The van der Waals surface area contributed by atoms with Gasteiger partial charge in [-0.2, -0.15) is 0 Å². The van der Waals surface area contributed by atoms with E-state index in [2.05, 4.69) is 6.92 Å². The summed E-state index contributed by atoms with van der Waals surface area (Å²) in [6.45, 7) is 2.92. The third-order valence-electron chi connectivity index (χ3n) is 4.87. The first-order chi connectivity index (χ1) is 14.7. The van der Waals surface area contributed by atoms with Crippen LogP contribution in [0.3, 0.4) is 0 Å². The third kappa shape index (κ3) is 6.73. The molecule has 0 N–H and O–H groups in total. The molecule has 5 nitrogen and oxygen atoms in total. The maximum atomic E-state index is 12.3. The van der Waals surface area contributed by atoms with Gasteiger partial charge >= 0.3 is 10.9 Å². The fourth-order valence-corrected chi connectivity index (χ4v) is 3.84. The molecule has 0 amide bonds. The molecule has 0 aliphatic rings. The molecule has 30 heavy (non-hydrogen) atoms. The summed E-state index contributed by atoms with van der Waals surface area (Å²) < 4.78 is 16.9. The minimum absolute atomic E-state index is 0.337. The lowest BCUT2D eigenvalue weighted by atomic mass is 10.1. The van der Waals surface area contributed by atoms with Gasteiger partial charge in [-0.1, -0.05) is 63.2 Å². The van der Waals surface area contributed by atoms with Crippen molar-refractivity contribution in [2.24, 2.45) is 0 Å². The largest absolute Gasteiger partial charge is 0.494 e. The Morgan fingerprint density at radius 1 is 0.900 bits per heavy atom. The molecule has 3 rings (SSSR count). The van der Waals surface area contributed by atoms with E-state index in [0.29, 0.717) is 23.5 Å². The maximum Gasteiger partial charge on any atom is 0.396 e. The Hall–Kier alpha value is -2.60. The van der Waals surface area contributed by atoms with Crippen LogP contribution in [-0.4, -0.2) is 12.6 Å². The Labute approximate surface area is 180 Å². The molecule has 1 aromatic heterocycles. The van der Waals surface area contributed by atoms with Gasteiger partial charge in [0.25, 0.3) is 0 Å². The molecule has 0 aliphatic carbocycles. The van der Waals surface area contributed by atoms with E-state index >= 15 is 0 Å². The SMILES string of the molecule is CCCCCCCCCCOc1ccc(C(=O)Oc2ccc3sc(=O)oc3c2)cc1. The molecule has 3 aromatic rings. The Kier molecular flexibility index (Phi) is 8.51. The number of unbranched alkanes of at least 4 members (excludes halogenated alkanes) is 7. The molecular weight excluding hydrogens is 400 g/mol. The summed E-state index contributed by atoms with van der Waals surface area (Å²) in [6, 6.07) is 11.8. The average molecular weight is 429 g/mol. The zero-order valence-electron chi connectivity index (χ0n) is 17.4. The van der Waals surface area contributed by atoms with Gasteiger partial charge in [0, 0.05) is 6.07 Å². The highest BCUT2D eigenvalue weighted by atomic mass is 32.1.